The van der Waals surface area contributed by atoms with Crippen molar-refractivity contribution in [2.75, 3.05) is 20.6 Å². The highest BCUT2D eigenvalue weighted by molar-refractivity contribution is 5.69. The topological polar surface area (TPSA) is 29.5 Å². The molecule has 0 aromatic rings. The van der Waals surface area contributed by atoms with Crippen LogP contribution in [0, 0.1) is 71.0 Å². The van der Waals surface area contributed by atoms with Crippen LogP contribution in [0.5, 0.6) is 0 Å². The van der Waals surface area contributed by atoms with Crippen LogP contribution in [-0.4, -0.2) is 37.6 Å². The lowest BCUT2D eigenvalue weighted by Crippen LogP contribution is -2.20. The molecule has 12 unspecified atom stereocenters. The Morgan fingerprint density at radius 1 is 0.481 bits per heavy atom. The average molecular weight is 722 g/mol. The van der Waals surface area contributed by atoms with Gasteiger partial charge in [0.15, 0.2) is 0 Å². The van der Waals surface area contributed by atoms with Gasteiger partial charge in [-0.25, -0.2) is 0 Å². The van der Waals surface area contributed by atoms with Crippen molar-refractivity contribution in [1.29, 1.82) is 0 Å². The summed E-state index contributed by atoms with van der Waals surface area (Å²) in [5.74, 6) is 13.4. The molecule has 0 aromatic heterocycles. The highest BCUT2D eigenvalue weighted by Gasteiger charge is 2.49. The van der Waals surface area contributed by atoms with Gasteiger partial charge in [0.25, 0.3) is 0 Å². The van der Waals surface area contributed by atoms with Crippen molar-refractivity contribution < 1.29 is 9.53 Å². The summed E-state index contributed by atoms with van der Waals surface area (Å²) in [7, 11) is 4.17. The van der Waals surface area contributed by atoms with Crippen LogP contribution in [0.25, 0.3) is 0 Å². The van der Waals surface area contributed by atoms with Gasteiger partial charge in [-0.05, 0) is 188 Å². The van der Waals surface area contributed by atoms with E-state index in [1.807, 2.05) is 0 Å². The van der Waals surface area contributed by atoms with E-state index in [0.717, 1.165) is 96.8 Å². The van der Waals surface area contributed by atoms with Gasteiger partial charge in [-0.1, -0.05) is 104 Å². The maximum Gasteiger partial charge on any atom is 0.306 e. The van der Waals surface area contributed by atoms with Gasteiger partial charge in [0.05, 0.1) is 0 Å². The summed E-state index contributed by atoms with van der Waals surface area (Å²) < 4.78 is 6.09. The molecule has 6 fully saturated rings. The van der Waals surface area contributed by atoms with Crippen LogP contribution < -0.4 is 0 Å². The number of carbonyl (C=O) groups excluding carboxylic acids is 1. The molecule has 6 aliphatic carbocycles. The summed E-state index contributed by atoms with van der Waals surface area (Å²) in [5, 5.41) is 0. The molecule has 6 rings (SSSR count). The molecule has 6 saturated carbocycles. The van der Waals surface area contributed by atoms with Crippen LogP contribution in [0.1, 0.15) is 206 Å². The second kappa shape index (κ2) is 21.1. The normalized spacial score (nSPS) is 35.8. The highest BCUT2D eigenvalue weighted by atomic mass is 16.5. The third-order valence-electron chi connectivity index (χ3n) is 15.9. The van der Waals surface area contributed by atoms with Crippen molar-refractivity contribution in [2.45, 2.75) is 213 Å². The molecule has 0 N–H and O–H groups in total. The van der Waals surface area contributed by atoms with E-state index < -0.39 is 0 Å². The van der Waals surface area contributed by atoms with E-state index >= 15 is 0 Å². The zero-order chi connectivity index (χ0) is 36.3. The number of rotatable bonds is 33. The Morgan fingerprint density at radius 3 is 1.23 bits per heavy atom. The molecule has 12 atom stereocenters. The minimum Gasteiger partial charge on any atom is -0.462 e. The summed E-state index contributed by atoms with van der Waals surface area (Å²) in [6.07, 6.45) is 41.8. The molecule has 0 aliphatic heterocycles. The SMILES string of the molecule is CCC1CC1CC1CC1CC1CC1CCCCCCCCC(CCCCCCCCC1CC1CC1CC1CC1CC1CC)OC(=O)CCCN(C)C. The zero-order valence-corrected chi connectivity index (χ0v) is 35.2. The van der Waals surface area contributed by atoms with Crippen molar-refractivity contribution in [3.05, 3.63) is 0 Å². The van der Waals surface area contributed by atoms with E-state index in [1.54, 1.807) is 64.2 Å². The molecule has 3 heteroatoms. The van der Waals surface area contributed by atoms with Gasteiger partial charge in [-0.2, -0.15) is 0 Å². The number of hydrogen-bond acceptors (Lipinski definition) is 3. The molecule has 0 aromatic carbocycles. The molecule has 52 heavy (non-hydrogen) atoms. The van der Waals surface area contributed by atoms with E-state index in [-0.39, 0.29) is 12.1 Å². The summed E-state index contributed by atoms with van der Waals surface area (Å²) in [6.45, 7) is 5.74. The zero-order valence-electron chi connectivity index (χ0n) is 35.2. The van der Waals surface area contributed by atoms with Gasteiger partial charge < -0.3 is 9.64 Å². The van der Waals surface area contributed by atoms with E-state index in [4.69, 9.17) is 4.74 Å². The lowest BCUT2D eigenvalue weighted by molar-refractivity contribution is -0.150. The van der Waals surface area contributed by atoms with Crippen LogP contribution in [0.3, 0.4) is 0 Å². The van der Waals surface area contributed by atoms with Crippen molar-refractivity contribution in [2.24, 2.45) is 71.0 Å². The smallest absolute Gasteiger partial charge is 0.306 e. The summed E-state index contributed by atoms with van der Waals surface area (Å²) in [6, 6.07) is 0. The minimum atomic E-state index is 0.0408. The monoisotopic (exact) mass is 722 g/mol. The Kier molecular flexibility index (Phi) is 16.7. The Morgan fingerprint density at radius 2 is 0.827 bits per heavy atom. The van der Waals surface area contributed by atoms with Crippen LogP contribution in [0.2, 0.25) is 0 Å². The maximum atomic E-state index is 12.7. The fourth-order valence-electron chi connectivity index (χ4n) is 11.5. The maximum absolute atomic E-state index is 12.7. The molecule has 0 heterocycles. The van der Waals surface area contributed by atoms with Gasteiger partial charge in [-0.15, -0.1) is 0 Å². The number of unbranched alkanes of at least 4 members (excludes halogenated alkanes) is 10. The third-order valence-corrected chi connectivity index (χ3v) is 15.9. The summed E-state index contributed by atoms with van der Waals surface area (Å²) in [5.41, 5.74) is 0. The minimum absolute atomic E-state index is 0.0408. The number of nitrogens with zero attached hydrogens (tertiary/aromatic N) is 1. The van der Waals surface area contributed by atoms with E-state index in [1.165, 1.54) is 103 Å². The van der Waals surface area contributed by atoms with Crippen LogP contribution in [0.15, 0.2) is 0 Å². The largest absolute Gasteiger partial charge is 0.462 e. The molecular weight excluding hydrogens is 635 g/mol. The van der Waals surface area contributed by atoms with Crippen molar-refractivity contribution >= 4 is 5.97 Å². The lowest BCUT2D eigenvalue weighted by atomic mass is 10.0. The molecule has 3 nitrogen and oxygen atoms in total. The van der Waals surface area contributed by atoms with Crippen LogP contribution >= 0.6 is 0 Å². The Bertz CT molecular complexity index is 959. The fraction of sp³-hybridized carbons (Fsp3) is 0.980. The fourth-order valence-corrected chi connectivity index (χ4v) is 11.5. The average Bonchev–Trinajstić information content (AvgIpc) is 3.89. The van der Waals surface area contributed by atoms with E-state index in [9.17, 15) is 4.79 Å². The van der Waals surface area contributed by atoms with Gasteiger partial charge >= 0.3 is 5.97 Å². The Hall–Kier alpha value is -0.570. The Balaban J connectivity index is 0.729. The van der Waals surface area contributed by atoms with Gasteiger partial charge in [-0.3, -0.25) is 4.79 Å². The predicted molar refractivity (Wildman–Crippen MR) is 220 cm³/mol. The van der Waals surface area contributed by atoms with Crippen molar-refractivity contribution in [3.63, 3.8) is 0 Å². The first-order valence-electron chi connectivity index (χ1n) is 24.2. The molecular formula is C49H87NO2. The van der Waals surface area contributed by atoms with Crippen molar-refractivity contribution in [3.8, 4) is 0 Å². The van der Waals surface area contributed by atoms with Crippen LogP contribution in [-0.2, 0) is 9.53 Å². The van der Waals surface area contributed by atoms with E-state index in [0.29, 0.717) is 6.42 Å². The second-order valence-corrected chi connectivity index (χ2v) is 20.7. The first-order chi connectivity index (χ1) is 25.4. The first-order valence-corrected chi connectivity index (χ1v) is 24.2. The first kappa shape index (κ1) is 41.1. The third kappa shape index (κ3) is 15.2. The molecule has 0 amide bonds. The predicted octanol–water partition coefficient (Wildman–Crippen LogP) is 13.7. The van der Waals surface area contributed by atoms with Gasteiger partial charge in [0.2, 0.25) is 0 Å². The highest BCUT2D eigenvalue weighted by Crippen LogP contribution is 2.59. The number of esters is 1. The molecule has 6 aliphatic rings. The van der Waals surface area contributed by atoms with Gasteiger partial charge in [0.1, 0.15) is 6.10 Å². The Labute approximate surface area is 323 Å². The van der Waals surface area contributed by atoms with Crippen molar-refractivity contribution in [1.82, 2.24) is 4.90 Å². The molecule has 0 saturated heterocycles. The number of carbonyl (C=O) groups is 1. The molecule has 300 valence electrons. The summed E-state index contributed by atoms with van der Waals surface area (Å²) >= 11 is 0. The lowest BCUT2D eigenvalue weighted by Gasteiger charge is -2.18. The summed E-state index contributed by atoms with van der Waals surface area (Å²) in [4.78, 5) is 14.8. The number of hydrogen-bond donors (Lipinski definition) is 0. The second-order valence-electron chi connectivity index (χ2n) is 20.7. The van der Waals surface area contributed by atoms with Crippen LogP contribution in [0.4, 0.5) is 0 Å². The number of ether oxygens (including phenoxy) is 1. The van der Waals surface area contributed by atoms with Gasteiger partial charge in [0, 0.05) is 6.42 Å². The standard InChI is InChI=1S/C49H87NO2/c1-5-36-26-40(36)30-44-34-46(44)32-42-28-38(42)20-15-11-7-9-13-17-22-48(52-49(51)24-19-25-50(3)4)23-18-14-10-8-12-16-21-39-29-43(39)33-47-35-45(47)31-41-27-37(41)6-2/h36-48H,5-35H2,1-4H3. The van der Waals surface area contributed by atoms with E-state index in [2.05, 4.69) is 32.8 Å². The molecule has 0 spiro atoms. The molecule has 0 bridgehead atoms. The molecule has 0 radical (unpaired) electrons. The quantitative estimate of drug-likeness (QED) is 0.0499.